The molecule has 2 nitrogen and oxygen atoms in total. The highest BCUT2D eigenvalue weighted by atomic mass is 16.1. The summed E-state index contributed by atoms with van der Waals surface area (Å²) in [6.45, 7) is 0. The summed E-state index contributed by atoms with van der Waals surface area (Å²) in [7, 11) is 0. The number of hydrogen-bond donors (Lipinski definition) is 1. The lowest BCUT2D eigenvalue weighted by atomic mass is 9.88. The lowest BCUT2D eigenvalue weighted by molar-refractivity contribution is -0.116. The Hall–Kier alpha value is -1.41. The number of benzene rings is 1. The number of nitrogens with two attached hydrogens (primary N) is 1. The van der Waals surface area contributed by atoms with E-state index in [9.17, 15) is 4.79 Å². The predicted octanol–water partition coefficient (Wildman–Crippen LogP) is 2.15. The van der Waals surface area contributed by atoms with E-state index in [1.54, 1.807) is 0 Å². The lowest BCUT2D eigenvalue weighted by Crippen LogP contribution is -2.31. The van der Waals surface area contributed by atoms with Crippen LogP contribution in [0.2, 0.25) is 0 Å². The van der Waals surface area contributed by atoms with E-state index in [4.69, 9.17) is 5.73 Å². The second kappa shape index (κ2) is 4.41. The molecule has 2 N–H and O–H groups in total. The molecule has 1 aliphatic rings. The summed E-state index contributed by atoms with van der Waals surface area (Å²) in [6.07, 6.45) is 4.41. The van der Waals surface area contributed by atoms with E-state index in [1.807, 2.05) is 36.4 Å². The number of carbonyl (C=O) groups is 1. The van der Waals surface area contributed by atoms with Crippen molar-refractivity contribution >= 4 is 11.9 Å². The largest absolute Gasteiger partial charge is 0.324 e. The van der Waals surface area contributed by atoms with Gasteiger partial charge in [0.25, 0.3) is 0 Å². The second-order valence-corrected chi connectivity index (χ2v) is 3.93. The van der Waals surface area contributed by atoms with Crippen LogP contribution in [0, 0.1) is 0 Å². The minimum absolute atomic E-state index is 0.0774. The van der Waals surface area contributed by atoms with E-state index in [2.05, 4.69) is 0 Å². The molecule has 78 valence electrons. The molecule has 1 fully saturated rings. The molecule has 0 amide bonds. The highest BCUT2D eigenvalue weighted by Gasteiger charge is 2.21. The summed E-state index contributed by atoms with van der Waals surface area (Å²) in [6, 6.07) is 9.79. The van der Waals surface area contributed by atoms with Crippen molar-refractivity contribution in [2.24, 2.45) is 5.73 Å². The summed E-state index contributed by atoms with van der Waals surface area (Å²) in [5.74, 6) is 0.206. The molecule has 0 aliphatic heterocycles. The van der Waals surface area contributed by atoms with Crippen LogP contribution in [-0.4, -0.2) is 11.8 Å². The van der Waals surface area contributed by atoms with Crippen LogP contribution in [0.3, 0.4) is 0 Å². The van der Waals surface area contributed by atoms with Crippen LogP contribution < -0.4 is 5.73 Å². The molecular formula is C13H15NO. The smallest absolute Gasteiger partial charge is 0.160 e. The monoisotopic (exact) mass is 201 g/mol. The fourth-order valence-corrected chi connectivity index (χ4v) is 1.91. The maximum Gasteiger partial charge on any atom is 0.160 e. The van der Waals surface area contributed by atoms with Gasteiger partial charge in [-0.1, -0.05) is 30.3 Å². The van der Waals surface area contributed by atoms with Crippen LogP contribution in [0.1, 0.15) is 24.8 Å². The second-order valence-electron chi connectivity index (χ2n) is 3.93. The lowest BCUT2D eigenvalue weighted by Gasteiger charge is -2.20. The number of ketones is 1. The van der Waals surface area contributed by atoms with Gasteiger partial charge in [0, 0.05) is 18.0 Å². The van der Waals surface area contributed by atoms with E-state index < -0.39 is 0 Å². The average molecular weight is 201 g/mol. The zero-order valence-corrected chi connectivity index (χ0v) is 8.65. The van der Waals surface area contributed by atoms with E-state index >= 15 is 0 Å². The van der Waals surface area contributed by atoms with E-state index in [0.29, 0.717) is 6.42 Å². The highest BCUT2D eigenvalue weighted by molar-refractivity contribution is 6.01. The van der Waals surface area contributed by atoms with Gasteiger partial charge in [0.1, 0.15) is 0 Å². The van der Waals surface area contributed by atoms with Crippen molar-refractivity contribution in [2.45, 2.75) is 25.3 Å². The molecule has 0 aromatic heterocycles. The van der Waals surface area contributed by atoms with E-state index in [1.165, 1.54) is 0 Å². The van der Waals surface area contributed by atoms with Gasteiger partial charge in [-0.2, -0.15) is 0 Å². The molecule has 1 aromatic rings. The molecule has 0 heterocycles. The fourth-order valence-electron chi connectivity index (χ4n) is 1.91. The number of carbonyl (C=O) groups excluding carboxylic acids is 1. The van der Waals surface area contributed by atoms with Crippen LogP contribution in [0.4, 0.5) is 0 Å². The van der Waals surface area contributed by atoms with Crippen molar-refractivity contribution < 1.29 is 4.79 Å². The predicted molar refractivity (Wildman–Crippen MR) is 61.3 cm³/mol. The average Bonchev–Trinajstić information content (AvgIpc) is 2.25. The Morgan fingerprint density at radius 3 is 2.67 bits per heavy atom. The first-order valence-corrected chi connectivity index (χ1v) is 5.33. The van der Waals surface area contributed by atoms with Gasteiger partial charge in [0.2, 0.25) is 0 Å². The minimum atomic E-state index is -0.0774. The van der Waals surface area contributed by atoms with Crippen LogP contribution >= 0.6 is 0 Å². The molecule has 2 heteroatoms. The first-order chi connectivity index (χ1) is 7.27. The normalized spacial score (nSPS) is 24.5. The molecule has 2 rings (SSSR count). The van der Waals surface area contributed by atoms with Gasteiger partial charge < -0.3 is 5.73 Å². The summed E-state index contributed by atoms with van der Waals surface area (Å²) in [5, 5.41) is 0. The third kappa shape index (κ3) is 2.34. The Labute approximate surface area is 89.8 Å². The molecule has 15 heavy (non-hydrogen) atoms. The van der Waals surface area contributed by atoms with Gasteiger partial charge in [-0.15, -0.1) is 0 Å². The number of rotatable bonds is 1. The molecule has 1 atom stereocenters. The Bertz CT molecular complexity index is 381. The zero-order chi connectivity index (χ0) is 10.7. The Balaban J connectivity index is 2.28. The topological polar surface area (TPSA) is 43.1 Å². The molecule has 1 saturated carbocycles. The van der Waals surface area contributed by atoms with E-state index in [-0.39, 0.29) is 11.8 Å². The molecule has 0 bridgehead atoms. The third-order valence-corrected chi connectivity index (χ3v) is 2.76. The molecule has 0 spiro atoms. The van der Waals surface area contributed by atoms with Crippen molar-refractivity contribution in [1.82, 2.24) is 0 Å². The Morgan fingerprint density at radius 1 is 1.27 bits per heavy atom. The van der Waals surface area contributed by atoms with Crippen LogP contribution in [0.25, 0.3) is 6.08 Å². The molecular weight excluding hydrogens is 186 g/mol. The van der Waals surface area contributed by atoms with Crippen molar-refractivity contribution in [2.75, 3.05) is 0 Å². The summed E-state index contributed by atoms with van der Waals surface area (Å²) in [5.41, 5.74) is 7.77. The first kappa shape index (κ1) is 10.1. The van der Waals surface area contributed by atoms with Gasteiger partial charge in [0.15, 0.2) is 5.78 Å². The molecule has 1 unspecified atom stereocenters. The maximum absolute atomic E-state index is 11.7. The van der Waals surface area contributed by atoms with Gasteiger partial charge in [-0.3, -0.25) is 4.79 Å². The van der Waals surface area contributed by atoms with Crippen LogP contribution in [-0.2, 0) is 4.79 Å². The highest BCUT2D eigenvalue weighted by Crippen LogP contribution is 2.21. The van der Waals surface area contributed by atoms with Gasteiger partial charge in [0.05, 0.1) is 0 Å². The quantitative estimate of drug-likeness (QED) is 0.707. The zero-order valence-electron chi connectivity index (χ0n) is 8.65. The standard InChI is InChI=1S/C13H15NO/c14-12-7-4-8-13(15)11(12)9-10-5-2-1-3-6-10/h1-3,5-6,9,12H,4,7-8,14H2. The SMILES string of the molecule is NC1CCCC(=O)C1=Cc1ccccc1. The maximum atomic E-state index is 11.7. The van der Waals surface area contributed by atoms with Gasteiger partial charge in [-0.05, 0) is 24.5 Å². The number of Topliss-reactive ketones (excluding diaryl/α,β-unsaturated/α-hetero) is 1. The van der Waals surface area contributed by atoms with Crippen LogP contribution in [0.15, 0.2) is 35.9 Å². The molecule has 0 saturated heterocycles. The first-order valence-electron chi connectivity index (χ1n) is 5.33. The minimum Gasteiger partial charge on any atom is -0.324 e. The van der Waals surface area contributed by atoms with Crippen molar-refractivity contribution in [3.05, 3.63) is 41.5 Å². The Morgan fingerprint density at radius 2 is 2.00 bits per heavy atom. The molecule has 0 radical (unpaired) electrons. The van der Waals surface area contributed by atoms with Crippen molar-refractivity contribution in [1.29, 1.82) is 0 Å². The summed E-state index contributed by atoms with van der Waals surface area (Å²) >= 11 is 0. The van der Waals surface area contributed by atoms with Crippen molar-refractivity contribution in [3.8, 4) is 0 Å². The van der Waals surface area contributed by atoms with Crippen LogP contribution in [0.5, 0.6) is 0 Å². The summed E-state index contributed by atoms with van der Waals surface area (Å²) in [4.78, 5) is 11.7. The van der Waals surface area contributed by atoms with Crippen molar-refractivity contribution in [3.63, 3.8) is 0 Å². The summed E-state index contributed by atoms with van der Waals surface area (Å²) < 4.78 is 0. The van der Waals surface area contributed by atoms with Gasteiger partial charge in [-0.25, -0.2) is 0 Å². The van der Waals surface area contributed by atoms with E-state index in [0.717, 1.165) is 24.0 Å². The van der Waals surface area contributed by atoms with Gasteiger partial charge >= 0.3 is 0 Å². The molecule has 1 aliphatic carbocycles. The third-order valence-electron chi connectivity index (χ3n) is 2.76. The fraction of sp³-hybridized carbons (Fsp3) is 0.308. The Kier molecular flexibility index (Phi) is 2.97. The number of hydrogen-bond acceptors (Lipinski definition) is 2. The molecule has 1 aromatic carbocycles.